The maximum absolute atomic E-state index is 11.9. The van der Waals surface area contributed by atoms with Gasteiger partial charge in [0.15, 0.2) is 11.0 Å². The normalized spacial score (nSPS) is 17.6. The van der Waals surface area contributed by atoms with Crippen molar-refractivity contribution in [3.05, 3.63) is 18.1 Å². The summed E-state index contributed by atoms with van der Waals surface area (Å²) in [5.74, 6) is 1.82. The molecule has 1 saturated heterocycles. The summed E-state index contributed by atoms with van der Waals surface area (Å²) in [7, 11) is 1.88. The lowest BCUT2D eigenvalue weighted by molar-refractivity contribution is -0.119. The highest BCUT2D eigenvalue weighted by Gasteiger charge is 2.18. The van der Waals surface area contributed by atoms with Crippen LogP contribution in [-0.4, -0.2) is 45.7 Å². The molecule has 0 bridgehead atoms. The third-order valence-corrected chi connectivity index (χ3v) is 4.84. The second kappa shape index (κ2) is 7.18. The van der Waals surface area contributed by atoms with Crippen LogP contribution in [0.4, 0.5) is 0 Å². The van der Waals surface area contributed by atoms with Crippen molar-refractivity contribution in [3.63, 3.8) is 0 Å². The highest BCUT2D eigenvalue weighted by molar-refractivity contribution is 7.99. The van der Waals surface area contributed by atoms with Crippen LogP contribution in [0.2, 0.25) is 0 Å². The highest BCUT2D eigenvalue weighted by Crippen LogP contribution is 2.25. The molecule has 124 valence electrons. The van der Waals surface area contributed by atoms with Crippen LogP contribution in [0.15, 0.2) is 21.9 Å². The minimum Gasteiger partial charge on any atom is -0.469 e. The summed E-state index contributed by atoms with van der Waals surface area (Å²) in [5, 5.41) is 11.9. The number of ether oxygens (including phenoxy) is 1. The van der Waals surface area contributed by atoms with Crippen molar-refractivity contribution in [1.29, 1.82) is 0 Å². The van der Waals surface area contributed by atoms with E-state index in [1.54, 1.807) is 6.26 Å². The fourth-order valence-corrected chi connectivity index (χ4v) is 3.25. The predicted octanol–water partition coefficient (Wildman–Crippen LogP) is 1.77. The minimum absolute atomic E-state index is 0.0189. The Bertz CT molecular complexity index is 676. The molecule has 7 nitrogen and oxygen atoms in total. The number of aromatic nitrogens is 3. The first-order valence-electron chi connectivity index (χ1n) is 7.60. The molecule has 1 N–H and O–H groups in total. The molecule has 1 aliphatic heterocycles. The molecule has 1 aliphatic rings. The fraction of sp³-hybridized carbons (Fsp3) is 0.533. The van der Waals surface area contributed by atoms with Gasteiger partial charge in [0, 0.05) is 20.2 Å². The van der Waals surface area contributed by atoms with Crippen molar-refractivity contribution in [2.45, 2.75) is 31.0 Å². The van der Waals surface area contributed by atoms with Crippen molar-refractivity contribution >= 4 is 17.7 Å². The fourth-order valence-electron chi connectivity index (χ4n) is 2.51. The molecular weight excluding hydrogens is 316 g/mol. The van der Waals surface area contributed by atoms with Crippen molar-refractivity contribution < 1.29 is 13.9 Å². The Kier molecular flexibility index (Phi) is 5.02. The maximum atomic E-state index is 11.9. The molecule has 0 aliphatic carbocycles. The molecule has 0 unspecified atom stereocenters. The highest BCUT2D eigenvalue weighted by atomic mass is 32.2. The Labute approximate surface area is 138 Å². The summed E-state index contributed by atoms with van der Waals surface area (Å²) in [6.45, 7) is 3.26. The zero-order valence-electron chi connectivity index (χ0n) is 13.2. The lowest BCUT2D eigenvalue weighted by Gasteiger charge is -2.10. The van der Waals surface area contributed by atoms with Gasteiger partial charge in [-0.1, -0.05) is 11.8 Å². The lowest BCUT2D eigenvalue weighted by Crippen LogP contribution is -2.32. The van der Waals surface area contributed by atoms with Gasteiger partial charge in [0.1, 0.15) is 5.76 Å². The second-order valence-corrected chi connectivity index (χ2v) is 6.43. The van der Waals surface area contributed by atoms with E-state index in [9.17, 15) is 4.79 Å². The third-order valence-electron chi connectivity index (χ3n) is 3.82. The summed E-state index contributed by atoms with van der Waals surface area (Å²) < 4.78 is 12.7. The van der Waals surface area contributed by atoms with Crippen molar-refractivity contribution in [3.8, 4) is 11.4 Å². The van der Waals surface area contributed by atoms with E-state index in [4.69, 9.17) is 9.15 Å². The summed E-state index contributed by atoms with van der Waals surface area (Å²) in [6, 6.07) is 1.86. The van der Waals surface area contributed by atoms with Crippen molar-refractivity contribution in [1.82, 2.24) is 20.1 Å². The van der Waals surface area contributed by atoms with Gasteiger partial charge in [-0.3, -0.25) is 4.79 Å². The van der Waals surface area contributed by atoms with Gasteiger partial charge in [-0.25, -0.2) is 0 Å². The number of carbonyl (C=O) groups excluding carboxylic acids is 1. The van der Waals surface area contributed by atoms with Gasteiger partial charge in [-0.15, -0.1) is 10.2 Å². The predicted molar refractivity (Wildman–Crippen MR) is 86.1 cm³/mol. The number of amides is 1. The van der Waals surface area contributed by atoms with Crippen LogP contribution in [0.5, 0.6) is 0 Å². The van der Waals surface area contributed by atoms with E-state index in [0.29, 0.717) is 17.5 Å². The van der Waals surface area contributed by atoms with E-state index in [0.717, 1.165) is 36.6 Å². The number of nitrogens with zero attached hydrogens (tertiary/aromatic N) is 3. The van der Waals surface area contributed by atoms with Gasteiger partial charge in [0.2, 0.25) is 5.91 Å². The van der Waals surface area contributed by atoms with E-state index < -0.39 is 0 Å². The Morgan fingerprint density at radius 3 is 3.09 bits per heavy atom. The maximum Gasteiger partial charge on any atom is 0.230 e. The van der Waals surface area contributed by atoms with Gasteiger partial charge in [-0.05, 0) is 25.8 Å². The molecule has 0 saturated carbocycles. The zero-order valence-corrected chi connectivity index (χ0v) is 14.1. The number of hydrogen-bond acceptors (Lipinski definition) is 6. The van der Waals surface area contributed by atoms with E-state index in [-0.39, 0.29) is 12.0 Å². The first-order chi connectivity index (χ1) is 11.1. The summed E-state index contributed by atoms with van der Waals surface area (Å²) >= 11 is 1.37. The molecular formula is C15H20N4O3S. The van der Waals surface area contributed by atoms with Crippen molar-refractivity contribution in [2.24, 2.45) is 7.05 Å². The summed E-state index contributed by atoms with van der Waals surface area (Å²) in [6.07, 6.45) is 3.88. The number of aryl methyl sites for hydroxylation is 1. The van der Waals surface area contributed by atoms with E-state index in [2.05, 4.69) is 15.5 Å². The Hall–Kier alpha value is -1.80. The van der Waals surface area contributed by atoms with Crippen LogP contribution >= 0.6 is 11.8 Å². The average Bonchev–Trinajstić information content (AvgIpc) is 3.25. The van der Waals surface area contributed by atoms with Gasteiger partial charge >= 0.3 is 0 Å². The monoisotopic (exact) mass is 336 g/mol. The molecule has 0 aromatic carbocycles. The third kappa shape index (κ3) is 3.76. The lowest BCUT2D eigenvalue weighted by atomic mass is 10.2. The molecule has 0 spiro atoms. The second-order valence-electron chi connectivity index (χ2n) is 5.48. The Balaban J connectivity index is 1.53. The molecule has 2 aromatic rings. The number of thioether (sulfide) groups is 1. The largest absolute Gasteiger partial charge is 0.469 e. The number of hydrogen-bond donors (Lipinski definition) is 1. The molecule has 1 amide bonds. The van der Waals surface area contributed by atoms with Crippen LogP contribution in [0.25, 0.3) is 11.4 Å². The van der Waals surface area contributed by atoms with E-state index >= 15 is 0 Å². The van der Waals surface area contributed by atoms with Gasteiger partial charge in [-0.2, -0.15) is 0 Å². The summed E-state index contributed by atoms with van der Waals surface area (Å²) in [5.41, 5.74) is 0.912. The Morgan fingerprint density at radius 1 is 1.52 bits per heavy atom. The molecule has 1 fully saturated rings. The smallest absolute Gasteiger partial charge is 0.230 e. The first kappa shape index (κ1) is 16.1. The van der Waals surface area contributed by atoms with Gasteiger partial charge < -0.3 is 19.0 Å². The first-order valence-corrected chi connectivity index (χ1v) is 8.58. The van der Waals surface area contributed by atoms with Gasteiger partial charge in [0.25, 0.3) is 0 Å². The minimum atomic E-state index is -0.0189. The van der Waals surface area contributed by atoms with Crippen LogP contribution in [0.3, 0.4) is 0 Å². The number of furan rings is 1. The van der Waals surface area contributed by atoms with Crippen molar-refractivity contribution in [2.75, 3.05) is 18.9 Å². The summed E-state index contributed by atoms with van der Waals surface area (Å²) in [4.78, 5) is 11.9. The van der Waals surface area contributed by atoms with Crippen LogP contribution in [0.1, 0.15) is 18.6 Å². The zero-order chi connectivity index (χ0) is 16.2. The number of rotatable bonds is 6. The molecule has 2 aromatic heterocycles. The molecule has 3 rings (SSSR count). The van der Waals surface area contributed by atoms with E-state index in [1.165, 1.54) is 11.8 Å². The quantitative estimate of drug-likeness (QED) is 0.810. The Morgan fingerprint density at radius 2 is 2.39 bits per heavy atom. The van der Waals surface area contributed by atoms with E-state index in [1.807, 2.05) is 24.6 Å². The van der Waals surface area contributed by atoms with Gasteiger partial charge in [0.05, 0.1) is 23.7 Å². The SMILES string of the molecule is Cc1occc1-c1nnc(SCC(=O)NC[C@@H]2CCCO2)n1C. The van der Waals surface area contributed by atoms with Crippen LogP contribution < -0.4 is 5.32 Å². The average molecular weight is 336 g/mol. The molecule has 1 atom stereocenters. The molecule has 3 heterocycles. The molecule has 23 heavy (non-hydrogen) atoms. The number of nitrogens with one attached hydrogen (secondary N) is 1. The number of carbonyl (C=O) groups is 1. The standard InChI is InChI=1S/C15H20N4O3S/c1-10-12(5-7-21-10)14-17-18-15(19(14)2)23-9-13(20)16-8-11-4-3-6-22-11/h5,7,11H,3-4,6,8-9H2,1-2H3,(H,16,20)/t11-/m0/s1. The molecule has 0 radical (unpaired) electrons. The van der Waals surface area contributed by atoms with Crippen LogP contribution in [0, 0.1) is 6.92 Å². The van der Waals surface area contributed by atoms with Crippen LogP contribution in [-0.2, 0) is 16.6 Å². The molecule has 8 heteroatoms. The topological polar surface area (TPSA) is 82.2 Å².